The first kappa shape index (κ1) is 12.5. The molecular weight excluding hydrogens is 253 g/mol. The molecule has 20 heavy (non-hydrogen) atoms. The molecule has 0 saturated heterocycles. The van der Waals surface area contributed by atoms with Gasteiger partial charge in [-0.25, -0.2) is 14.1 Å². The van der Waals surface area contributed by atoms with Gasteiger partial charge in [0.25, 0.3) is 0 Å². The second-order valence-corrected chi connectivity index (χ2v) is 4.78. The van der Waals surface area contributed by atoms with Crippen LogP contribution in [0.1, 0.15) is 16.7 Å². The molecular formula is C16H14FN3. The van der Waals surface area contributed by atoms with Crippen LogP contribution in [0.3, 0.4) is 0 Å². The standard InChI is InChI=1S/C16H14FN3/c1-11-7-15-16(8-12(11)2)20(10-18-15)19-9-13-5-3-4-6-14(13)17/h3-10H,1-2H3. The number of rotatable bonds is 2. The van der Waals surface area contributed by atoms with Crippen molar-refractivity contribution in [2.24, 2.45) is 5.10 Å². The molecule has 0 aliphatic rings. The first-order valence-corrected chi connectivity index (χ1v) is 6.38. The quantitative estimate of drug-likeness (QED) is 0.651. The van der Waals surface area contributed by atoms with Crippen molar-refractivity contribution in [1.82, 2.24) is 9.66 Å². The van der Waals surface area contributed by atoms with Gasteiger partial charge >= 0.3 is 0 Å². The normalized spacial score (nSPS) is 11.6. The molecule has 0 atom stereocenters. The number of benzene rings is 2. The maximum atomic E-state index is 13.5. The number of nitrogens with zero attached hydrogens (tertiary/aromatic N) is 3. The van der Waals surface area contributed by atoms with Crippen LogP contribution in [0, 0.1) is 19.7 Å². The molecule has 0 N–H and O–H groups in total. The van der Waals surface area contributed by atoms with E-state index in [0.717, 1.165) is 11.0 Å². The molecule has 0 aliphatic carbocycles. The SMILES string of the molecule is Cc1cc2ncn(N=Cc3ccccc3F)c2cc1C. The fourth-order valence-electron chi connectivity index (χ4n) is 2.05. The van der Waals surface area contributed by atoms with E-state index in [1.807, 2.05) is 19.1 Å². The number of imidazole rings is 1. The molecule has 0 spiro atoms. The Morgan fingerprint density at radius 3 is 2.70 bits per heavy atom. The number of hydrogen-bond donors (Lipinski definition) is 0. The number of aromatic nitrogens is 2. The molecule has 3 nitrogen and oxygen atoms in total. The molecule has 3 aromatic rings. The van der Waals surface area contributed by atoms with E-state index in [9.17, 15) is 4.39 Å². The summed E-state index contributed by atoms with van der Waals surface area (Å²) in [7, 11) is 0. The van der Waals surface area contributed by atoms with E-state index in [0.29, 0.717) is 5.56 Å². The summed E-state index contributed by atoms with van der Waals surface area (Å²) in [5.74, 6) is -0.285. The Bertz CT molecular complexity index is 803. The topological polar surface area (TPSA) is 30.2 Å². The van der Waals surface area contributed by atoms with Crippen molar-refractivity contribution in [1.29, 1.82) is 0 Å². The molecule has 0 bridgehead atoms. The predicted octanol–water partition coefficient (Wildman–Crippen LogP) is 3.67. The highest BCUT2D eigenvalue weighted by atomic mass is 19.1. The largest absolute Gasteiger partial charge is 0.235 e. The summed E-state index contributed by atoms with van der Waals surface area (Å²) in [6, 6.07) is 10.6. The van der Waals surface area contributed by atoms with Crippen LogP contribution in [0.15, 0.2) is 47.8 Å². The second-order valence-electron chi connectivity index (χ2n) is 4.78. The van der Waals surface area contributed by atoms with Crippen LogP contribution in [0.25, 0.3) is 11.0 Å². The van der Waals surface area contributed by atoms with Gasteiger partial charge in [0.1, 0.15) is 12.1 Å². The Labute approximate surface area is 116 Å². The zero-order chi connectivity index (χ0) is 14.1. The van der Waals surface area contributed by atoms with E-state index >= 15 is 0 Å². The molecule has 0 unspecified atom stereocenters. The Morgan fingerprint density at radius 2 is 1.90 bits per heavy atom. The maximum absolute atomic E-state index is 13.5. The molecule has 0 amide bonds. The molecule has 1 heterocycles. The lowest BCUT2D eigenvalue weighted by molar-refractivity contribution is 0.625. The monoisotopic (exact) mass is 267 g/mol. The third kappa shape index (κ3) is 2.20. The molecule has 0 fully saturated rings. The van der Waals surface area contributed by atoms with Gasteiger partial charge < -0.3 is 0 Å². The second kappa shape index (κ2) is 4.89. The number of halogens is 1. The molecule has 3 rings (SSSR count). The van der Waals surface area contributed by atoms with Gasteiger partial charge in [0.05, 0.1) is 17.2 Å². The zero-order valence-electron chi connectivity index (χ0n) is 11.3. The van der Waals surface area contributed by atoms with E-state index in [1.165, 1.54) is 23.4 Å². The van der Waals surface area contributed by atoms with Crippen LogP contribution in [-0.4, -0.2) is 15.9 Å². The molecule has 0 radical (unpaired) electrons. The third-order valence-corrected chi connectivity index (χ3v) is 3.37. The van der Waals surface area contributed by atoms with E-state index in [4.69, 9.17) is 0 Å². The Hall–Kier alpha value is -2.49. The average Bonchev–Trinajstić information content (AvgIpc) is 2.81. The van der Waals surface area contributed by atoms with Crippen molar-refractivity contribution in [2.75, 3.05) is 0 Å². The molecule has 0 aliphatic heterocycles. The first-order valence-electron chi connectivity index (χ1n) is 6.38. The summed E-state index contributed by atoms with van der Waals surface area (Å²) in [6.07, 6.45) is 3.15. The molecule has 1 aromatic heterocycles. The highest BCUT2D eigenvalue weighted by molar-refractivity contribution is 5.82. The summed E-state index contributed by atoms with van der Waals surface area (Å²) in [5.41, 5.74) is 4.64. The smallest absolute Gasteiger partial charge is 0.132 e. The van der Waals surface area contributed by atoms with Crippen molar-refractivity contribution in [2.45, 2.75) is 13.8 Å². The lowest BCUT2D eigenvalue weighted by Crippen LogP contribution is -1.92. The lowest BCUT2D eigenvalue weighted by Gasteiger charge is -2.01. The minimum atomic E-state index is -0.285. The highest BCUT2D eigenvalue weighted by Gasteiger charge is 2.04. The lowest BCUT2D eigenvalue weighted by atomic mass is 10.1. The predicted molar refractivity (Wildman–Crippen MR) is 78.6 cm³/mol. The van der Waals surface area contributed by atoms with Crippen LogP contribution in [0.5, 0.6) is 0 Å². The summed E-state index contributed by atoms with van der Waals surface area (Å²) >= 11 is 0. The molecule has 2 aromatic carbocycles. The number of aryl methyl sites for hydroxylation is 2. The minimum Gasteiger partial charge on any atom is -0.235 e. The van der Waals surface area contributed by atoms with Gasteiger partial charge in [-0.3, -0.25) is 0 Å². The Balaban J connectivity index is 2.03. The fraction of sp³-hybridized carbons (Fsp3) is 0.125. The van der Waals surface area contributed by atoms with Crippen LogP contribution < -0.4 is 0 Å². The summed E-state index contributed by atoms with van der Waals surface area (Å²) in [5, 5.41) is 4.29. The van der Waals surface area contributed by atoms with Crippen molar-refractivity contribution >= 4 is 17.2 Å². The molecule has 100 valence electrons. The maximum Gasteiger partial charge on any atom is 0.132 e. The highest BCUT2D eigenvalue weighted by Crippen LogP contribution is 2.18. The first-order chi connectivity index (χ1) is 9.65. The van der Waals surface area contributed by atoms with Gasteiger partial charge in [0, 0.05) is 5.56 Å². The van der Waals surface area contributed by atoms with Crippen LogP contribution in [0.4, 0.5) is 4.39 Å². The van der Waals surface area contributed by atoms with E-state index in [1.54, 1.807) is 29.2 Å². The van der Waals surface area contributed by atoms with Crippen molar-refractivity contribution < 1.29 is 4.39 Å². The Kier molecular flexibility index (Phi) is 3.06. The minimum absolute atomic E-state index is 0.285. The zero-order valence-corrected chi connectivity index (χ0v) is 11.3. The van der Waals surface area contributed by atoms with Crippen LogP contribution >= 0.6 is 0 Å². The summed E-state index contributed by atoms with van der Waals surface area (Å²) < 4.78 is 15.2. The Morgan fingerprint density at radius 1 is 1.15 bits per heavy atom. The number of fused-ring (bicyclic) bond motifs is 1. The van der Waals surface area contributed by atoms with Gasteiger partial charge in [0.15, 0.2) is 0 Å². The van der Waals surface area contributed by atoms with Crippen LogP contribution in [-0.2, 0) is 0 Å². The van der Waals surface area contributed by atoms with Gasteiger partial charge in [-0.1, -0.05) is 18.2 Å². The summed E-state index contributed by atoms with van der Waals surface area (Å²) in [6.45, 7) is 4.10. The van der Waals surface area contributed by atoms with E-state index in [-0.39, 0.29) is 5.82 Å². The molecule has 4 heteroatoms. The van der Waals surface area contributed by atoms with Crippen LogP contribution in [0.2, 0.25) is 0 Å². The average molecular weight is 267 g/mol. The van der Waals surface area contributed by atoms with Crippen molar-refractivity contribution in [3.63, 3.8) is 0 Å². The van der Waals surface area contributed by atoms with E-state index < -0.39 is 0 Å². The number of hydrogen-bond acceptors (Lipinski definition) is 2. The van der Waals surface area contributed by atoms with Gasteiger partial charge in [0.2, 0.25) is 0 Å². The van der Waals surface area contributed by atoms with Gasteiger partial charge in [-0.05, 0) is 43.2 Å². The summed E-state index contributed by atoms with van der Waals surface area (Å²) in [4.78, 5) is 4.31. The van der Waals surface area contributed by atoms with Crippen molar-refractivity contribution in [3.05, 3.63) is 65.2 Å². The van der Waals surface area contributed by atoms with Gasteiger partial charge in [-0.2, -0.15) is 5.10 Å². The third-order valence-electron chi connectivity index (χ3n) is 3.37. The van der Waals surface area contributed by atoms with Crippen molar-refractivity contribution in [3.8, 4) is 0 Å². The fourth-order valence-corrected chi connectivity index (χ4v) is 2.05. The van der Waals surface area contributed by atoms with E-state index in [2.05, 4.69) is 17.0 Å². The molecule has 0 saturated carbocycles. The van der Waals surface area contributed by atoms with Gasteiger partial charge in [-0.15, -0.1) is 0 Å².